The average molecular weight is 274 g/mol. The van der Waals surface area contributed by atoms with Crippen molar-refractivity contribution in [1.29, 1.82) is 0 Å². The number of hydrogen-bond acceptors (Lipinski definition) is 3. The summed E-state index contributed by atoms with van der Waals surface area (Å²) in [6.07, 6.45) is -3.99. The SMILES string of the molecule is [2H]c1c([2H])c(C(F)(F)F)c([2H])c([2H])c1NC(=O)c1cnoc1C. The van der Waals surface area contributed by atoms with Crippen LogP contribution in [0.1, 0.15) is 27.2 Å². The summed E-state index contributed by atoms with van der Waals surface area (Å²) in [5, 5.41) is 5.42. The Hall–Kier alpha value is -2.31. The Balaban J connectivity index is 2.53. The number of nitrogens with zero attached hydrogens (tertiary/aromatic N) is 1. The fourth-order valence-electron chi connectivity index (χ4n) is 1.21. The van der Waals surface area contributed by atoms with E-state index in [0.29, 0.717) is 0 Å². The van der Waals surface area contributed by atoms with Gasteiger partial charge in [0, 0.05) is 5.69 Å². The predicted molar refractivity (Wildman–Crippen MR) is 60.6 cm³/mol. The molecule has 1 amide bonds. The first-order valence-corrected chi connectivity index (χ1v) is 4.95. The Morgan fingerprint density at radius 2 is 2.00 bits per heavy atom. The predicted octanol–water partition coefficient (Wildman–Crippen LogP) is 3.25. The summed E-state index contributed by atoms with van der Waals surface area (Å²) >= 11 is 0. The lowest BCUT2D eigenvalue weighted by Gasteiger charge is -2.08. The molecular weight excluding hydrogens is 261 g/mol. The van der Waals surface area contributed by atoms with Crippen molar-refractivity contribution in [3.05, 3.63) is 47.3 Å². The first-order valence-electron chi connectivity index (χ1n) is 6.95. The van der Waals surface area contributed by atoms with Crippen molar-refractivity contribution >= 4 is 11.6 Å². The van der Waals surface area contributed by atoms with Crippen molar-refractivity contribution in [2.75, 3.05) is 5.32 Å². The second kappa shape index (κ2) is 4.75. The maximum absolute atomic E-state index is 12.8. The van der Waals surface area contributed by atoms with Gasteiger partial charge < -0.3 is 9.84 Å². The molecule has 19 heavy (non-hydrogen) atoms. The molecule has 1 aromatic heterocycles. The van der Waals surface area contributed by atoms with E-state index >= 15 is 0 Å². The monoisotopic (exact) mass is 274 g/mol. The largest absolute Gasteiger partial charge is 0.416 e. The number of hydrogen-bond donors (Lipinski definition) is 1. The molecule has 0 atom stereocenters. The van der Waals surface area contributed by atoms with Gasteiger partial charge in [-0.1, -0.05) is 5.16 Å². The fraction of sp³-hybridized carbons (Fsp3) is 0.167. The smallest absolute Gasteiger partial charge is 0.361 e. The highest BCUT2D eigenvalue weighted by Crippen LogP contribution is 2.29. The summed E-state index contributed by atoms with van der Waals surface area (Å²) in [5.74, 6) is -0.742. The molecule has 0 aliphatic rings. The highest BCUT2D eigenvalue weighted by molar-refractivity contribution is 6.04. The van der Waals surface area contributed by atoms with Gasteiger partial charge in [0.25, 0.3) is 5.91 Å². The number of rotatable bonds is 2. The van der Waals surface area contributed by atoms with E-state index in [0.717, 1.165) is 6.20 Å². The number of aryl methyl sites for hydroxylation is 1. The lowest BCUT2D eigenvalue weighted by atomic mass is 10.2. The molecule has 2 rings (SSSR count). The van der Waals surface area contributed by atoms with Gasteiger partial charge in [0.15, 0.2) is 0 Å². The Labute approximate surface area is 111 Å². The van der Waals surface area contributed by atoms with Gasteiger partial charge in [-0.15, -0.1) is 0 Å². The van der Waals surface area contributed by atoms with Crippen molar-refractivity contribution in [1.82, 2.24) is 5.16 Å². The van der Waals surface area contributed by atoms with E-state index in [2.05, 4.69) is 15.0 Å². The molecular formula is C12H9F3N2O2. The number of amides is 1. The highest BCUT2D eigenvalue weighted by atomic mass is 19.4. The van der Waals surface area contributed by atoms with Crippen LogP contribution < -0.4 is 5.32 Å². The number of halogens is 3. The summed E-state index contributed by atoms with van der Waals surface area (Å²) in [7, 11) is 0. The molecule has 0 aliphatic heterocycles. The van der Waals surface area contributed by atoms with Gasteiger partial charge in [0.2, 0.25) is 0 Å². The van der Waals surface area contributed by atoms with Crippen LogP contribution >= 0.6 is 0 Å². The summed E-state index contributed by atoms with van der Waals surface area (Å²) in [6, 6.07) is -4.56. The number of nitrogens with one attached hydrogen (secondary N) is 1. The summed E-state index contributed by atoms with van der Waals surface area (Å²) < 4.78 is 73.1. The van der Waals surface area contributed by atoms with E-state index < -0.39 is 47.5 Å². The van der Waals surface area contributed by atoms with Gasteiger partial charge in [-0.05, 0) is 31.1 Å². The normalized spacial score (nSPS) is 14.3. The van der Waals surface area contributed by atoms with Gasteiger partial charge in [-0.2, -0.15) is 13.2 Å². The zero-order valence-corrected chi connectivity index (χ0v) is 9.47. The molecule has 1 N–H and O–H groups in total. The van der Waals surface area contributed by atoms with Gasteiger partial charge in [0.05, 0.1) is 17.2 Å². The standard InChI is InChI=1S/C12H9F3N2O2/c1-7-10(6-16-19-7)11(18)17-9-4-2-8(3-5-9)12(13,14)15/h2-6H,1H3,(H,17,18)/i2D,3D,4D,5D. The maximum atomic E-state index is 12.8. The van der Waals surface area contributed by atoms with Crippen LogP contribution in [0.15, 0.2) is 34.9 Å². The number of carbonyl (C=O) groups excluding carboxylic acids is 1. The van der Waals surface area contributed by atoms with Crippen LogP contribution in [0.4, 0.5) is 18.9 Å². The molecule has 0 bridgehead atoms. The Kier molecular flexibility index (Phi) is 2.18. The lowest BCUT2D eigenvalue weighted by Crippen LogP contribution is -2.12. The van der Waals surface area contributed by atoms with E-state index in [1.165, 1.54) is 6.92 Å². The Morgan fingerprint density at radius 1 is 1.37 bits per heavy atom. The first-order chi connectivity index (χ1) is 10.6. The molecule has 7 heteroatoms. The molecule has 0 saturated heterocycles. The van der Waals surface area contributed by atoms with Crippen molar-refractivity contribution < 1.29 is 28.0 Å². The summed E-state index contributed by atoms with van der Waals surface area (Å²) in [5.41, 5.74) is -2.38. The molecule has 0 saturated carbocycles. The van der Waals surface area contributed by atoms with Gasteiger partial charge >= 0.3 is 6.18 Å². The van der Waals surface area contributed by atoms with Gasteiger partial charge in [-0.25, -0.2) is 0 Å². The van der Waals surface area contributed by atoms with Gasteiger partial charge in [0.1, 0.15) is 11.3 Å². The van der Waals surface area contributed by atoms with Crippen LogP contribution in [-0.4, -0.2) is 11.1 Å². The van der Waals surface area contributed by atoms with E-state index in [1.807, 2.05) is 0 Å². The minimum Gasteiger partial charge on any atom is -0.361 e. The van der Waals surface area contributed by atoms with Crippen LogP contribution in [-0.2, 0) is 6.18 Å². The molecule has 100 valence electrons. The van der Waals surface area contributed by atoms with Crippen molar-refractivity contribution in [3.63, 3.8) is 0 Å². The quantitative estimate of drug-likeness (QED) is 0.914. The third-order valence-corrected chi connectivity index (χ3v) is 2.14. The van der Waals surface area contributed by atoms with E-state index in [9.17, 15) is 18.0 Å². The molecule has 2 aromatic rings. The molecule has 0 unspecified atom stereocenters. The van der Waals surface area contributed by atoms with Crippen molar-refractivity contribution in [2.45, 2.75) is 13.1 Å². The van der Waals surface area contributed by atoms with Crippen molar-refractivity contribution in [3.8, 4) is 0 Å². The third-order valence-electron chi connectivity index (χ3n) is 2.14. The minimum atomic E-state index is -5.05. The zero-order valence-electron chi connectivity index (χ0n) is 13.5. The average Bonchev–Trinajstić information content (AvgIpc) is 2.86. The lowest BCUT2D eigenvalue weighted by molar-refractivity contribution is -0.137. The van der Waals surface area contributed by atoms with Crippen LogP contribution in [0.25, 0.3) is 0 Å². The number of anilines is 1. The van der Waals surface area contributed by atoms with Crippen LogP contribution in [0, 0.1) is 6.92 Å². The molecule has 0 radical (unpaired) electrons. The number of benzene rings is 1. The van der Waals surface area contributed by atoms with Crippen LogP contribution in [0.5, 0.6) is 0 Å². The molecule has 0 fully saturated rings. The summed E-state index contributed by atoms with van der Waals surface area (Å²) in [6.45, 7) is 1.42. The van der Waals surface area contributed by atoms with Crippen LogP contribution in [0.3, 0.4) is 0 Å². The number of aromatic nitrogens is 1. The van der Waals surface area contributed by atoms with Crippen molar-refractivity contribution in [2.24, 2.45) is 0 Å². The molecule has 1 aromatic carbocycles. The zero-order chi connectivity index (χ0) is 17.5. The number of alkyl halides is 3. The number of carbonyl (C=O) groups is 1. The van der Waals surface area contributed by atoms with E-state index in [-0.39, 0.29) is 11.3 Å². The fourth-order valence-corrected chi connectivity index (χ4v) is 1.21. The first kappa shape index (κ1) is 8.73. The maximum Gasteiger partial charge on any atom is 0.416 e. The van der Waals surface area contributed by atoms with Gasteiger partial charge in [-0.3, -0.25) is 4.79 Å². The van der Waals surface area contributed by atoms with Crippen LogP contribution in [0.2, 0.25) is 0 Å². The highest BCUT2D eigenvalue weighted by Gasteiger charge is 2.30. The summed E-state index contributed by atoms with van der Waals surface area (Å²) in [4.78, 5) is 12.0. The topological polar surface area (TPSA) is 55.1 Å². The Bertz CT molecular complexity index is 760. The third kappa shape index (κ3) is 2.93. The van der Waals surface area contributed by atoms with E-state index in [1.54, 1.807) is 0 Å². The Morgan fingerprint density at radius 3 is 2.47 bits per heavy atom. The molecule has 0 spiro atoms. The minimum absolute atomic E-state index is 0.0400. The molecule has 1 heterocycles. The van der Waals surface area contributed by atoms with E-state index in [4.69, 9.17) is 5.48 Å². The second-order valence-corrected chi connectivity index (χ2v) is 3.50. The molecule has 4 nitrogen and oxygen atoms in total. The second-order valence-electron chi connectivity index (χ2n) is 3.50. The molecule has 0 aliphatic carbocycles.